The van der Waals surface area contributed by atoms with E-state index in [4.69, 9.17) is 18.9 Å². The Morgan fingerprint density at radius 2 is 1.79 bits per heavy atom. The lowest BCUT2D eigenvalue weighted by molar-refractivity contribution is -0.287. The molecule has 1 aromatic carbocycles. The van der Waals surface area contributed by atoms with Crippen molar-refractivity contribution in [2.24, 2.45) is 11.3 Å². The smallest absolute Gasteiger partial charge is 0.322 e. The normalized spacial score (nSPS) is 23.9. The highest BCUT2D eigenvalue weighted by molar-refractivity contribution is 5.94. The number of esters is 1. The van der Waals surface area contributed by atoms with E-state index in [1.807, 2.05) is 24.3 Å². The number of carboxylic acids is 1. The van der Waals surface area contributed by atoms with Gasteiger partial charge < -0.3 is 34.7 Å². The number of aliphatic carboxylic acids is 1. The Kier molecular flexibility index (Phi) is 13.5. The van der Waals surface area contributed by atoms with Gasteiger partial charge in [0.15, 0.2) is 5.79 Å². The number of benzene rings is 1. The van der Waals surface area contributed by atoms with Crippen LogP contribution in [0.25, 0.3) is 17.0 Å². The van der Waals surface area contributed by atoms with Crippen molar-refractivity contribution in [3.8, 4) is 0 Å². The standard InChI is InChI=1S/C37H51N5O10/c1-22(2)31(32(44)38-23(3)33(45)42-17-8-9-29(41-42)34(46)47)40-35(48)37(20-50-36(6,51-21-37)16-18-49-7)15-14-26-10-11-27-12-13-28(39-30(27)19-26)24(4)52-25(5)43/h10-15,19,22-24,29,31,41H,8-9,16-18,20-21H2,1-7H3,(H,38,44)(H,40,48)(H,46,47)/b15-14+/t23-,24+,29-,31-,36?,37?/m0/s1. The highest BCUT2D eigenvalue weighted by Gasteiger charge is 2.47. The number of hydrazine groups is 1. The van der Waals surface area contributed by atoms with Crippen LogP contribution < -0.4 is 16.1 Å². The Balaban J connectivity index is 1.56. The van der Waals surface area contributed by atoms with Gasteiger partial charge in [-0.1, -0.05) is 44.2 Å². The van der Waals surface area contributed by atoms with Crippen LogP contribution in [-0.2, 0) is 42.9 Å². The number of methoxy groups -OCH3 is 1. The fraction of sp³-hybridized carbons (Fsp3) is 0.568. The quantitative estimate of drug-likeness (QED) is 0.208. The summed E-state index contributed by atoms with van der Waals surface area (Å²) in [5.41, 5.74) is 3.35. The fourth-order valence-electron chi connectivity index (χ4n) is 5.97. The molecule has 3 heterocycles. The molecule has 0 spiro atoms. The number of ether oxygens (including phenoxy) is 4. The summed E-state index contributed by atoms with van der Waals surface area (Å²) in [4.78, 5) is 68.6. The molecular formula is C37H51N5O10. The number of hydrogen-bond acceptors (Lipinski definition) is 11. The van der Waals surface area contributed by atoms with Crippen LogP contribution in [0.4, 0.5) is 0 Å². The summed E-state index contributed by atoms with van der Waals surface area (Å²) in [6, 6.07) is 6.40. The lowest BCUT2D eigenvalue weighted by atomic mass is 9.85. The summed E-state index contributed by atoms with van der Waals surface area (Å²) >= 11 is 0. The largest absolute Gasteiger partial charge is 0.480 e. The number of hydrogen-bond donors (Lipinski definition) is 4. The first-order valence-corrected chi connectivity index (χ1v) is 17.5. The summed E-state index contributed by atoms with van der Waals surface area (Å²) in [7, 11) is 1.58. The molecule has 0 aliphatic carbocycles. The van der Waals surface area contributed by atoms with Gasteiger partial charge in [-0.15, -0.1) is 0 Å². The number of carbonyl (C=O) groups is 5. The van der Waals surface area contributed by atoms with E-state index in [9.17, 15) is 29.1 Å². The lowest BCUT2D eigenvalue weighted by Crippen LogP contribution is -2.62. The van der Waals surface area contributed by atoms with Gasteiger partial charge in [-0.2, -0.15) is 0 Å². The molecule has 1 aromatic heterocycles. The van der Waals surface area contributed by atoms with E-state index < -0.39 is 65.1 Å². The van der Waals surface area contributed by atoms with Crippen LogP contribution in [-0.4, -0.2) is 102 Å². The minimum absolute atomic E-state index is 0.0574. The third-order valence-corrected chi connectivity index (χ3v) is 9.29. The zero-order valence-corrected chi connectivity index (χ0v) is 30.9. The molecule has 15 nitrogen and oxygen atoms in total. The third-order valence-electron chi connectivity index (χ3n) is 9.29. The van der Waals surface area contributed by atoms with Crippen LogP contribution in [0.1, 0.15) is 78.2 Å². The molecule has 15 heteroatoms. The minimum atomic E-state index is -1.35. The number of nitrogens with zero attached hydrogens (tertiary/aromatic N) is 2. The molecular weight excluding hydrogens is 674 g/mol. The van der Waals surface area contributed by atoms with Gasteiger partial charge in [-0.3, -0.25) is 29.0 Å². The predicted molar refractivity (Wildman–Crippen MR) is 190 cm³/mol. The van der Waals surface area contributed by atoms with Gasteiger partial charge in [0.1, 0.15) is 29.6 Å². The van der Waals surface area contributed by atoms with E-state index in [0.717, 1.165) is 10.9 Å². The van der Waals surface area contributed by atoms with E-state index in [1.54, 1.807) is 53.0 Å². The Morgan fingerprint density at radius 3 is 2.42 bits per heavy atom. The van der Waals surface area contributed by atoms with Gasteiger partial charge in [0.2, 0.25) is 11.8 Å². The number of pyridine rings is 1. The summed E-state index contributed by atoms with van der Waals surface area (Å²) in [6.45, 7) is 10.5. The van der Waals surface area contributed by atoms with Crippen molar-refractivity contribution in [1.29, 1.82) is 0 Å². The van der Waals surface area contributed by atoms with Gasteiger partial charge in [-0.25, -0.2) is 10.4 Å². The molecule has 284 valence electrons. The Hall–Kier alpha value is -4.44. The number of carboxylic acid groups (broad SMARTS) is 1. The van der Waals surface area contributed by atoms with E-state index >= 15 is 0 Å². The molecule has 3 amide bonds. The van der Waals surface area contributed by atoms with Crippen LogP contribution in [0.2, 0.25) is 0 Å². The number of rotatable bonds is 14. The monoisotopic (exact) mass is 725 g/mol. The molecule has 0 unspecified atom stereocenters. The van der Waals surface area contributed by atoms with Gasteiger partial charge in [0.05, 0.1) is 31.0 Å². The second kappa shape index (κ2) is 17.4. The number of fused-ring (bicyclic) bond motifs is 1. The zero-order valence-electron chi connectivity index (χ0n) is 30.9. The number of carbonyl (C=O) groups excluding carboxylic acids is 4. The maximum absolute atomic E-state index is 14.3. The Morgan fingerprint density at radius 1 is 1.10 bits per heavy atom. The van der Waals surface area contributed by atoms with E-state index in [0.29, 0.717) is 43.6 Å². The average Bonchev–Trinajstić information content (AvgIpc) is 3.11. The highest BCUT2D eigenvalue weighted by Crippen LogP contribution is 2.35. The predicted octanol–water partition coefficient (Wildman–Crippen LogP) is 2.88. The Labute approximate surface area is 303 Å². The van der Waals surface area contributed by atoms with Gasteiger partial charge in [0.25, 0.3) is 5.91 Å². The maximum Gasteiger partial charge on any atom is 0.322 e. The number of amides is 3. The average molecular weight is 726 g/mol. The van der Waals surface area contributed by atoms with Gasteiger partial charge >= 0.3 is 11.9 Å². The zero-order chi connectivity index (χ0) is 38.2. The molecule has 4 rings (SSSR count). The number of aromatic nitrogens is 1. The van der Waals surface area contributed by atoms with Crippen molar-refractivity contribution in [1.82, 2.24) is 26.1 Å². The van der Waals surface area contributed by atoms with Crippen LogP contribution in [0, 0.1) is 11.3 Å². The van der Waals surface area contributed by atoms with Crippen molar-refractivity contribution in [2.75, 3.05) is 33.5 Å². The molecule has 2 aliphatic rings. The highest BCUT2D eigenvalue weighted by atomic mass is 16.7. The molecule has 2 saturated heterocycles. The second-order valence-corrected chi connectivity index (χ2v) is 14.0. The molecule has 0 radical (unpaired) electrons. The van der Waals surface area contributed by atoms with Crippen LogP contribution in [0.3, 0.4) is 0 Å². The molecule has 2 fully saturated rings. The van der Waals surface area contributed by atoms with Gasteiger partial charge in [0, 0.05) is 32.4 Å². The molecule has 52 heavy (non-hydrogen) atoms. The molecule has 0 bridgehead atoms. The summed E-state index contributed by atoms with van der Waals surface area (Å²) in [6.07, 6.45) is 4.25. The van der Waals surface area contributed by atoms with Crippen LogP contribution >= 0.6 is 0 Å². The van der Waals surface area contributed by atoms with Crippen molar-refractivity contribution < 1.29 is 48.0 Å². The SMILES string of the molecule is COCCC1(C)OCC(/C=C/c2ccc3ccc([C@@H](C)OC(C)=O)nc3c2)(C(=O)N[C@H](C(=O)N[C@@H](C)C(=O)N2CCC[C@@H](C(=O)O)N2)C(C)C)CO1. The van der Waals surface area contributed by atoms with Crippen LogP contribution in [0.15, 0.2) is 36.4 Å². The topological polar surface area (TPSA) is 195 Å². The first-order valence-electron chi connectivity index (χ1n) is 17.5. The van der Waals surface area contributed by atoms with E-state index in [2.05, 4.69) is 21.0 Å². The fourth-order valence-corrected chi connectivity index (χ4v) is 5.97. The van der Waals surface area contributed by atoms with E-state index in [1.165, 1.54) is 18.9 Å². The first-order chi connectivity index (χ1) is 24.6. The molecule has 2 aromatic rings. The van der Waals surface area contributed by atoms with Crippen molar-refractivity contribution in [2.45, 2.75) is 90.8 Å². The van der Waals surface area contributed by atoms with Crippen molar-refractivity contribution >= 4 is 46.6 Å². The Bertz CT molecular complexity index is 1650. The number of nitrogens with one attached hydrogen (secondary N) is 3. The van der Waals surface area contributed by atoms with Crippen molar-refractivity contribution in [3.63, 3.8) is 0 Å². The lowest BCUT2D eigenvalue weighted by Gasteiger charge is -2.43. The second-order valence-electron chi connectivity index (χ2n) is 14.0. The summed E-state index contributed by atoms with van der Waals surface area (Å²) in [5, 5.41) is 17.1. The molecule has 0 saturated carbocycles. The molecule has 2 aliphatic heterocycles. The molecule has 4 N–H and O–H groups in total. The van der Waals surface area contributed by atoms with Crippen molar-refractivity contribution in [3.05, 3.63) is 47.7 Å². The summed E-state index contributed by atoms with van der Waals surface area (Å²) in [5.74, 6) is -4.41. The summed E-state index contributed by atoms with van der Waals surface area (Å²) < 4.78 is 22.8. The molecule has 4 atom stereocenters. The third kappa shape index (κ3) is 10.1. The minimum Gasteiger partial charge on any atom is -0.480 e. The van der Waals surface area contributed by atoms with E-state index in [-0.39, 0.29) is 19.1 Å². The van der Waals surface area contributed by atoms with Gasteiger partial charge in [-0.05, 0) is 57.2 Å². The van der Waals surface area contributed by atoms with Crippen LogP contribution in [0.5, 0.6) is 0 Å². The maximum atomic E-state index is 14.3. The first kappa shape index (κ1) is 40.3.